The van der Waals surface area contributed by atoms with Gasteiger partial charge >= 0.3 is 0 Å². The molecule has 13 aromatic rings. The number of methoxy groups -OCH3 is 2. The van der Waals surface area contributed by atoms with E-state index < -0.39 is 0 Å². The van der Waals surface area contributed by atoms with Crippen LogP contribution in [0, 0.1) is 0 Å². The number of benzene rings is 6. The fourth-order valence-corrected chi connectivity index (χ4v) is 12.4. The van der Waals surface area contributed by atoms with Crippen LogP contribution in [0.2, 0.25) is 0 Å². The molecule has 0 unspecified atom stereocenters. The normalized spacial score (nSPS) is 13.5. The summed E-state index contributed by atoms with van der Waals surface area (Å²) in [5.41, 5.74) is 17.3. The summed E-state index contributed by atoms with van der Waals surface area (Å²) < 4.78 is 17.4. The van der Waals surface area contributed by atoms with Crippen molar-refractivity contribution in [3.8, 4) is 28.6 Å². The van der Waals surface area contributed by atoms with Crippen molar-refractivity contribution in [1.29, 1.82) is 0 Å². The molecule has 0 saturated heterocycles. The summed E-state index contributed by atoms with van der Waals surface area (Å²) in [5.74, 6) is 1.81. The van der Waals surface area contributed by atoms with Gasteiger partial charge in [0, 0.05) is 155 Å². The first-order valence-electron chi connectivity index (χ1n) is 30.4. The quantitative estimate of drug-likeness (QED) is 0.137. The molecule has 1 aliphatic carbocycles. The van der Waals surface area contributed by atoms with E-state index in [0.29, 0.717) is 39.3 Å². The average Bonchev–Trinajstić information content (AvgIpc) is 1.68. The highest BCUT2D eigenvalue weighted by atomic mass is 79.9. The fourth-order valence-electron chi connectivity index (χ4n) is 12.0. The van der Waals surface area contributed by atoms with E-state index in [2.05, 4.69) is 84.7 Å². The highest BCUT2D eigenvalue weighted by Gasteiger charge is 2.29. The van der Waals surface area contributed by atoms with Crippen LogP contribution in [-0.4, -0.2) is 101 Å². The standard InChI is InChI=1S/C22H18N4O2.C16H14BrNO2.2C14H10N4O.C7H6N2/c1-28-19-5-2-15(3-6-19)12-25-13-17-10-18(4-7-20(17)22(25)27)26-9-8-16-11-23-14-24-21(16)26;1-20-14-5-2-11(3-6-14)9-18-10-12-8-13(17)4-7-15(12)16(18)19;2*19-14-12-2-1-11(5-10(12)7-16-14)18-4-3-9-6-15-8-17-13(9)18;1-2-6-4-8-5-9-7(6)3-1/h2-11,14H,12-13H2,1H3;2-8H,9-10H2,1H3;2*1-6,8H,7H2,(H,16,19);1-2,4-5H,3H2. The van der Waals surface area contributed by atoms with E-state index in [-0.39, 0.29) is 23.6 Å². The number of fused-ring (bicyclic) bond motifs is 8. The summed E-state index contributed by atoms with van der Waals surface area (Å²) in [6.07, 6.45) is 24.5. The minimum atomic E-state index is 0.00115. The molecule has 6 aromatic carbocycles. The lowest BCUT2D eigenvalue weighted by Crippen LogP contribution is -2.23. The van der Waals surface area contributed by atoms with Crippen LogP contribution in [0.15, 0.2) is 219 Å². The zero-order chi connectivity index (χ0) is 64.9. The average molecular weight is 1320 g/mol. The maximum atomic E-state index is 12.8. The summed E-state index contributed by atoms with van der Waals surface area (Å²) in [6.45, 7) is 3.65. The first-order chi connectivity index (χ1) is 46.5. The maximum Gasteiger partial charge on any atom is 0.254 e. The monoisotopic (exact) mass is 1320 g/mol. The number of amides is 4. The van der Waals surface area contributed by atoms with Crippen LogP contribution in [-0.2, 0) is 45.7 Å². The van der Waals surface area contributed by atoms with Gasteiger partial charge in [-0.15, -0.1) is 0 Å². The largest absolute Gasteiger partial charge is 0.497 e. The first-order valence-corrected chi connectivity index (χ1v) is 31.2. The Balaban J connectivity index is 0.000000106. The summed E-state index contributed by atoms with van der Waals surface area (Å²) in [7, 11) is 3.29. The zero-order valence-electron chi connectivity index (χ0n) is 51.4. The molecule has 21 nitrogen and oxygen atoms in total. The van der Waals surface area contributed by atoms with Crippen LogP contribution in [0.3, 0.4) is 0 Å². The molecule has 95 heavy (non-hydrogen) atoms. The lowest BCUT2D eigenvalue weighted by atomic mass is 10.1. The Hall–Kier alpha value is -12.0. The number of hydrogen-bond donors (Lipinski definition) is 2. The van der Waals surface area contributed by atoms with Gasteiger partial charge in [0.25, 0.3) is 23.6 Å². The Morgan fingerprint density at radius 3 is 1.32 bits per heavy atom. The minimum absolute atomic E-state index is 0.00115. The number of hydrogen-bond acceptors (Lipinski definition) is 14. The van der Waals surface area contributed by atoms with E-state index in [9.17, 15) is 19.2 Å². The van der Waals surface area contributed by atoms with Crippen molar-refractivity contribution in [2.24, 2.45) is 0 Å². The molecule has 0 atom stereocenters. The van der Waals surface area contributed by atoms with Gasteiger partial charge in [-0.25, -0.2) is 39.9 Å². The second kappa shape index (κ2) is 26.7. The molecule has 5 aliphatic rings. The highest BCUT2D eigenvalue weighted by molar-refractivity contribution is 9.10. The number of aromatic nitrogens is 11. The molecule has 4 aliphatic heterocycles. The van der Waals surface area contributed by atoms with Gasteiger partial charge in [0.1, 0.15) is 53.7 Å². The second-order valence-corrected chi connectivity index (χ2v) is 23.6. The maximum absolute atomic E-state index is 12.8. The lowest BCUT2D eigenvalue weighted by molar-refractivity contribution is 0.0759. The molecule has 0 spiro atoms. The minimum Gasteiger partial charge on any atom is -0.497 e. The molecule has 22 heteroatoms. The van der Waals surface area contributed by atoms with Crippen LogP contribution >= 0.6 is 15.9 Å². The molecule has 0 fully saturated rings. The first kappa shape index (κ1) is 60.5. The Morgan fingerprint density at radius 2 is 0.863 bits per heavy atom. The van der Waals surface area contributed by atoms with Gasteiger partial charge in [0.15, 0.2) is 0 Å². The third-order valence-electron chi connectivity index (χ3n) is 16.8. The SMILES string of the molecule is C1=Cc2cncnc2C1.COc1ccc(CN2Cc3cc(-n4ccc5cncnc54)ccc3C2=O)cc1.COc1ccc(CN2Cc3cc(Br)ccc3C2=O)cc1.O=C1NCc2cc(-n3ccc4cncnc43)ccc21.O=C1NCc2cc(-n3ccc4cncnc43)ccc21. The summed E-state index contributed by atoms with van der Waals surface area (Å²) in [4.78, 5) is 85.0. The Kier molecular flexibility index (Phi) is 17.0. The Bertz CT molecular complexity index is 4990. The van der Waals surface area contributed by atoms with Crippen molar-refractivity contribution >= 4 is 78.7 Å². The number of ether oxygens (including phenoxy) is 2. The van der Waals surface area contributed by atoms with E-state index in [4.69, 9.17) is 9.47 Å². The number of halogens is 1. The van der Waals surface area contributed by atoms with Crippen LogP contribution in [0.4, 0.5) is 0 Å². The summed E-state index contributed by atoms with van der Waals surface area (Å²) in [6, 6.07) is 45.0. The highest BCUT2D eigenvalue weighted by Crippen LogP contribution is 2.31. The predicted molar refractivity (Wildman–Crippen MR) is 361 cm³/mol. The van der Waals surface area contributed by atoms with Gasteiger partial charge in [-0.2, -0.15) is 0 Å². The van der Waals surface area contributed by atoms with Gasteiger partial charge < -0.3 is 43.6 Å². The third-order valence-corrected chi connectivity index (χ3v) is 17.3. The molecular formula is C73H58BrN15O6. The number of nitrogens with zero attached hydrogens (tertiary/aromatic N) is 13. The van der Waals surface area contributed by atoms with E-state index >= 15 is 0 Å². The van der Waals surface area contributed by atoms with Crippen LogP contribution < -0.4 is 20.1 Å². The van der Waals surface area contributed by atoms with Crippen molar-refractivity contribution in [2.75, 3.05) is 14.2 Å². The Morgan fingerprint density at radius 1 is 0.453 bits per heavy atom. The molecule has 2 N–H and O–H groups in total. The molecule has 4 amide bonds. The van der Waals surface area contributed by atoms with Crippen molar-refractivity contribution in [3.63, 3.8) is 0 Å². The number of carbonyl (C=O) groups excluding carboxylic acids is 4. The van der Waals surface area contributed by atoms with Gasteiger partial charge in [0.2, 0.25) is 0 Å². The molecule has 0 radical (unpaired) electrons. The fraction of sp³-hybridized carbons (Fsp3) is 0.123. The van der Waals surface area contributed by atoms with Crippen LogP contribution in [0.25, 0.3) is 56.2 Å². The van der Waals surface area contributed by atoms with Gasteiger partial charge in [0.05, 0.1) is 19.9 Å². The number of allylic oxidation sites excluding steroid dienone is 1. The van der Waals surface area contributed by atoms with E-state index in [1.54, 1.807) is 45.5 Å². The van der Waals surface area contributed by atoms with Gasteiger partial charge in [-0.3, -0.25) is 19.2 Å². The summed E-state index contributed by atoms with van der Waals surface area (Å²) in [5, 5.41) is 8.62. The van der Waals surface area contributed by atoms with Crippen LogP contribution in [0.1, 0.15) is 86.1 Å². The van der Waals surface area contributed by atoms with E-state index in [0.717, 1.165) is 139 Å². The summed E-state index contributed by atoms with van der Waals surface area (Å²) >= 11 is 3.44. The number of nitrogens with one attached hydrogen (secondary N) is 2. The number of carbonyl (C=O) groups is 4. The second-order valence-electron chi connectivity index (χ2n) is 22.7. The molecule has 0 bridgehead atoms. The topological polar surface area (TPSA) is 235 Å². The van der Waals surface area contributed by atoms with Crippen molar-refractivity contribution in [1.82, 2.24) is 74.0 Å². The van der Waals surface area contributed by atoms with E-state index in [1.165, 1.54) is 12.7 Å². The van der Waals surface area contributed by atoms with Crippen molar-refractivity contribution < 1.29 is 28.7 Å². The molecule has 0 saturated carbocycles. The molecule has 18 rings (SSSR count). The molecule has 7 aromatic heterocycles. The zero-order valence-corrected chi connectivity index (χ0v) is 53.0. The lowest BCUT2D eigenvalue weighted by Gasteiger charge is -2.15. The van der Waals surface area contributed by atoms with Gasteiger partial charge in [-0.1, -0.05) is 52.3 Å². The smallest absolute Gasteiger partial charge is 0.254 e. The predicted octanol–water partition coefficient (Wildman–Crippen LogP) is 11.6. The third kappa shape index (κ3) is 12.7. The molecule has 11 heterocycles. The van der Waals surface area contributed by atoms with Crippen molar-refractivity contribution in [3.05, 3.63) is 286 Å². The number of rotatable bonds is 9. The van der Waals surface area contributed by atoms with Crippen LogP contribution in [0.5, 0.6) is 11.5 Å². The molecule has 468 valence electrons. The van der Waals surface area contributed by atoms with Crippen molar-refractivity contribution in [2.45, 2.75) is 45.7 Å². The molecular weight excluding hydrogens is 1260 g/mol. The Labute approximate surface area is 552 Å². The van der Waals surface area contributed by atoms with Gasteiger partial charge in [-0.05, 0) is 149 Å². The van der Waals surface area contributed by atoms with E-state index in [1.807, 2.05) is 182 Å².